The number of hydrogen-bond acceptors (Lipinski definition) is 6. The zero-order valence-electron chi connectivity index (χ0n) is 15.8. The van der Waals surface area contributed by atoms with E-state index in [1.54, 1.807) is 35.4 Å². The van der Waals surface area contributed by atoms with Crippen LogP contribution in [0.4, 0.5) is 0 Å². The first-order chi connectivity index (χ1) is 13.3. The van der Waals surface area contributed by atoms with Crippen molar-refractivity contribution in [2.45, 2.75) is 32.3 Å². The lowest BCUT2D eigenvalue weighted by atomic mass is 9.91. The molecule has 0 amide bonds. The summed E-state index contributed by atoms with van der Waals surface area (Å²) in [6.07, 6.45) is 6.65. The zero-order chi connectivity index (χ0) is 19.9. The molecule has 7 nitrogen and oxygen atoms in total. The molecular formula is C21H20N4O3. The van der Waals surface area contributed by atoms with E-state index in [-0.39, 0.29) is 11.7 Å². The van der Waals surface area contributed by atoms with Crippen LogP contribution in [0.5, 0.6) is 5.75 Å². The Morgan fingerprint density at radius 1 is 1.21 bits per heavy atom. The van der Waals surface area contributed by atoms with Crippen LogP contribution in [0.25, 0.3) is 17.5 Å². The SMILES string of the molecule is CC(C)(C)OC(=O)C1C(c2ccc(-n3cncn3)nc2)=Cc2ccc(O)cc21. The molecule has 0 bridgehead atoms. The van der Waals surface area contributed by atoms with Gasteiger partial charge in [0, 0.05) is 6.20 Å². The van der Waals surface area contributed by atoms with Crippen molar-refractivity contribution in [2.75, 3.05) is 0 Å². The van der Waals surface area contributed by atoms with Gasteiger partial charge in [0.1, 0.15) is 29.9 Å². The second kappa shape index (κ2) is 6.60. The number of nitrogens with zero attached hydrogens (tertiary/aromatic N) is 4. The highest BCUT2D eigenvalue weighted by Crippen LogP contribution is 2.44. The first kappa shape index (κ1) is 17.9. The number of phenols is 1. The van der Waals surface area contributed by atoms with Crippen molar-refractivity contribution >= 4 is 17.6 Å². The van der Waals surface area contributed by atoms with Crippen LogP contribution in [0.3, 0.4) is 0 Å². The summed E-state index contributed by atoms with van der Waals surface area (Å²) in [6.45, 7) is 5.50. The van der Waals surface area contributed by atoms with Crippen LogP contribution in [0, 0.1) is 0 Å². The van der Waals surface area contributed by atoms with E-state index < -0.39 is 11.5 Å². The number of phenolic OH excluding ortho intramolecular Hbond substituents is 1. The molecule has 4 rings (SSSR count). The average molecular weight is 376 g/mol. The Balaban J connectivity index is 1.73. The minimum absolute atomic E-state index is 0.113. The van der Waals surface area contributed by atoms with Crippen LogP contribution in [-0.2, 0) is 9.53 Å². The fraction of sp³-hybridized carbons (Fsp3) is 0.238. The highest BCUT2D eigenvalue weighted by molar-refractivity contribution is 6.04. The third-order valence-electron chi connectivity index (χ3n) is 4.38. The molecule has 0 fully saturated rings. The minimum Gasteiger partial charge on any atom is -0.508 e. The molecule has 0 saturated heterocycles. The molecule has 2 aromatic heterocycles. The molecule has 142 valence electrons. The summed E-state index contributed by atoms with van der Waals surface area (Å²) in [6, 6.07) is 8.73. The highest BCUT2D eigenvalue weighted by Gasteiger charge is 2.35. The van der Waals surface area contributed by atoms with Crippen molar-refractivity contribution in [2.24, 2.45) is 0 Å². The van der Waals surface area contributed by atoms with Crippen LogP contribution < -0.4 is 0 Å². The fourth-order valence-electron chi connectivity index (χ4n) is 3.25. The summed E-state index contributed by atoms with van der Waals surface area (Å²) in [5.74, 6) is -0.241. The zero-order valence-corrected chi connectivity index (χ0v) is 15.8. The van der Waals surface area contributed by atoms with Crippen LogP contribution in [0.2, 0.25) is 0 Å². The van der Waals surface area contributed by atoms with Crippen molar-refractivity contribution in [3.05, 3.63) is 65.9 Å². The van der Waals surface area contributed by atoms with Crippen molar-refractivity contribution < 1.29 is 14.6 Å². The van der Waals surface area contributed by atoms with Crippen LogP contribution in [0.1, 0.15) is 43.4 Å². The van der Waals surface area contributed by atoms with Gasteiger partial charge >= 0.3 is 5.97 Å². The number of carbonyl (C=O) groups excluding carboxylic acids is 1. The lowest BCUT2D eigenvalue weighted by molar-refractivity contribution is -0.155. The molecule has 0 radical (unpaired) electrons. The van der Waals surface area contributed by atoms with Gasteiger partial charge in [0.05, 0.1) is 0 Å². The molecule has 1 unspecified atom stereocenters. The fourth-order valence-corrected chi connectivity index (χ4v) is 3.25. The van der Waals surface area contributed by atoms with Gasteiger partial charge < -0.3 is 9.84 Å². The lowest BCUT2D eigenvalue weighted by Gasteiger charge is -2.24. The van der Waals surface area contributed by atoms with Crippen LogP contribution in [0.15, 0.2) is 49.2 Å². The van der Waals surface area contributed by atoms with E-state index in [0.717, 1.165) is 22.3 Å². The summed E-state index contributed by atoms with van der Waals surface area (Å²) >= 11 is 0. The Morgan fingerprint density at radius 3 is 2.68 bits per heavy atom. The van der Waals surface area contributed by atoms with Gasteiger partial charge in [-0.3, -0.25) is 4.79 Å². The number of esters is 1. The van der Waals surface area contributed by atoms with Gasteiger partial charge in [-0.05, 0) is 73.4 Å². The van der Waals surface area contributed by atoms with Gasteiger partial charge in [0.25, 0.3) is 0 Å². The van der Waals surface area contributed by atoms with E-state index in [2.05, 4.69) is 15.1 Å². The molecule has 0 aliphatic heterocycles. The number of hydrogen-bond donors (Lipinski definition) is 1. The van der Waals surface area contributed by atoms with E-state index in [0.29, 0.717) is 5.82 Å². The summed E-state index contributed by atoms with van der Waals surface area (Å²) in [5.41, 5.74) is 2.58. The van der Waals surface area contributed by atoms with E-state index in [1.807, 2.05) is 39.0 Å². The van der Waals surface area contributed by atoms with Gasteiger partial charge in [-0.15, -0.1) is 0 Å². The third kappa shape index (κ3) is 3.38. The first-order valence-corrected chi connectivity index (χ1v) is 8.90. The van der Waals surface area contributed by atoms with Crippen molar-refractivity contribution in [1.82, 2.24) is 19.7 Å². The predicted molar refractivity (Wildman–Crippen MR) is 104 cm³/mol. The number of aromatic hydroxyl groups is 1. The van der Waals surface area contributed by atoms with E-state index >= 15 is 0 Å². The highest BCUT2D eigenvalue weighted by atomic mass is 16.6. The van der Waals surface area contributed by atoms with Crippen LogP contribution in [-0.4, -0.2) is 36.4 Å². The molecule has 1 aliphatic carbocycles. The normalized spacial score (nSPS) is 15.8. The van der Waals surface area contributed by atoms with Gasteiger partial charge in [0.2, 0.25) is 0 Å². The Morgan fingerprint density at radius 2 is 2.04 bits per heavy atom. The monoisotopic (exact) mass is 376 g/mol. The third-order valence-corrected chi connectivity index (χ3v) is 4.38. The van der Waals surface area contributed by atoms with Crippen molar-refractivity contribution in [3.63, 3.8) is 0 Å². The van der Waals surface area contributed by atoms with E-state index in [9.17, 15) is 9.90 Å². The number of fused-ring (bicyclic) bond motifs is 1. The minimum atomic E-state index is -0.625. The molecule has 0 spiro atoms. The molecule has 1 atom stereocenters. The number of rotatable bonds is 3. The maximum absolute atomic E-state index is 13.0. The standard InChI is InChI=1S/C21H20N4O3/c1-21(2,3)28-20(27)19-16(8-13-4-6-15(26)9-17(13)19)14-5-7-18(23-10-14)25-12-22-11-24-25/h4-12,19,26H,1-3H3. The molecule has 7 heteroatoms. The number of aromatic nitrogens is 4. The second-order valence-electron chi connectivity index (χ2n) is 7.62. The van der Waals surface area contributed by atoms with Gasteiger partial charge in [-0.25, -0.2) is 14.6 Å². The van der Waals surface area contributed by atoms with E-state index in [1.165, 1.54) is 6.33 Å². The Labute approximate surface area is 162 Å². The Hall–Kier alpha value is -3.48. The summed E-state index contributed by atoms with van der Waals surface area (Å²) in [4.78, 5) is 21.3. The molecule has 28 heavy (non-hydrogen) atoms. The van der Waals surface area contributed by atoms with E-state index in [4.69, 9.17) is 4.74 Å². The maximum Gasteiger partial charge on any atom is 0.318 e. The maximum atomic E-state index is 13.0. The van der Waals surface area contributed by atoms with Gasteiger partial charge in [-0.1, -0.05) is 6.07 Å². The molecule has 3 aromatic rings. The smallest absolute Gasteiger partial charge is 0.318 e. The largest absolute Gasteiger partial charge is 0.508 e. The number of benzene rings is 1. The van der Waals surface area contributed by atoms with Crippen molar-refractivity contribution in [1.29, 1.82) is 0 Å². The lowest BCUT2D eigenvalue weighted by Crippen LogP contribution is -2.27. The number of pyridine rings is 1. The number of carbonyl (C=O) groups is 1. The van der Waals surface area contributed by atoms with Gasteiger partial charge in [0.15, 0.2) is 5.82 Å². The van der Waals surface area contributed by atoms with Crippen LogP contribution >= 0.6 is 0 Å². The topological polar surface area (TPSA) is 90.1 Å². The molecule has 0 saturated carbocycles. The molecule has 1 aliphatic rings. The summed E-state index contributed by atoms with van der Waals surface area (Å²) in [5, 5.41) is 14.0. The Kier molecular flexibility index (Phi) is 4.22. The summed E-state index contributed by atoms with van der Waals surface area (Å²) < 4.78 is 7.21. The molecule has 1 N–H and O–H groups in total. The second-order valence-corrected chi connectivity index (χ2v) is 7.62. The average Bonchev–Trinajstić information content (AvgIpc) is 3.28. The van der Waals surface area contributed by atoms with Gasteiger partial charge in [-0.2, -0.15) is 5.10 Å². The predicted octanol–water partition coefficient (Wildman–Crippen LogP) is 3.35. The molecule has 1 aromatic carbocycles. The first-order valence-electron chi connectivity index (χ1n) is 8.90. The Bertz CT molecular complexity index is 1050. The summed E-state index contributed by atoms with van der Waals surface area (Å²) in [7, 11) is 0. The molecular weight excluding hydrogens is 356 g/mol. The molecule has 2 heterocycles. The van der Waals surface area contributed by atoms with Crippen molar-refractivity contribution in [3.8, 4) is 11.6 Å². The quantitative estimate of drug-likeness (QED) is 0.705. The number of ether oxygens (including phenoxy) is 1.